The van der Waals surface area contributed by atoms with Gasteiger partial charge in [-0.3, -0.25) is 14.5 Å². The van der Waals surface area contributed by atoms with Crippen molar-refractivity contribution in [2.45, 2.75) is 0 Å². The van der Waals surface area contributed by atoms with Gasteiger partial charge >= 0.3 is 0 Å². The van der Waals surface area contributed by atoms with Crippen LogP contribution < -0.4 is 4.90 Å². The lowest BCUT2D eigenvalue weighted by Gasteiger charge is -2.14. The number of aldehydes is 1. The standard InChI is InChI=1S/C17H10FNO2S2/c18-13-5-7-14(8-6-13)19-16(21)15(23-17(19)22)9-11-1-3-12(10-20)4-2-11/h1-10H. The fourth-order valence-corrected chi connectivity index (χ4v) is 3.40. The smallest absolute Gasteiger partial charge is 0.270 e. The van der Waals surface area contributed by atoms with Crippen LogP contribution in [0, 0.1) is 5.82 Å². The number of hydrogen-bond donors (Lipinski definition) is 0. The first kappa shape index (κ1) is 15.6. The molecule has 0 N–H and O–H groups in total. The molecule has 0 aliphatic carbocycles. The molecule has 0 bridgehead atoms. The summed E-state index contributed by atoms with van der Waals surface area (Å²) in [5.74, 6) is -0.615. The Morgan fingerprint density at radius 1 is 1.00 bits per heavy atom. The molecule has 0 spiro atoms. The topological polar surface area (TPSA) is 37.4 Å². The first-order valence-electron chi connectivity index (χ1n) is 6.67. The largest absolute Gasteiger partial charge is 0.298 e. The van der Waals surface area contributed by atoms with Crippen LogP contribution in [0.25, 0.3) is 6.08 Å². The Bertz CT molecular complexity index is 813. The van der Waals surface area contributed by atoms with Crippen molar-refractivity contribution in [1.29, 1.82) is 0 Å². The Balaban J connectivity index is 1.89. The highest BCUT2D eigenvalue weighted by atomic mass is 32.2. The summed E-state index contributed by atoms with van der Waals surface area (Å²) in [4.78, 5) is 25.0. The van der Waals surface area contributed by atoms with Gasteiger partial charge in [-0.2, -0.15) is 0 Å². The number of anilines is 1. The fourth-order valence-electron chi connectivity index (χ4n) is 2.10. The zero-order valence-corrected chi connectivity index (χ0v) is 13.4. The van der Waals surface area contributed by atoms with E-state index in [-0.39, 0.29) is 11.7 Å². The molecule has 1 heterocycles. The second-order valence-electron chi connectivity index (χ2n) is 4.78. The van der Waals surface area contributed by atoms with Crippen LogP contribution in [0.1, 0.15) is 15.9 Å². The van der Waals surface area contributed by atoms with E-state index in [2.05, 4.69) is 0 Å². The van der Waals surface area contributed by atoms with E-state index in [1.54, 1.807) is 30.3 Å². The number of thiocarbonyl (C=S) groups is 1. The third-order valence-corrected chi connectivity index (χ3v) is 4.55. The predicted molar refractivity (Wildman–Crippen MR) is 93.9 cm³/mol. The molecule has 6 heteroatoms. The maximum absolute atomic E-state index is 13.0. The molecule has 0 aromatic heterocycles. The molecule has 2 aromatic rings. The minimum absolute atomic E-state index is 0.244. The number of carbonyl (C=O) groups is 2. The second-order valence-corrected chi connectivity index (χ2v) is 6.45. The third kappa shape index (κ3) is 3.23. The van der Waals surface area contributed by atoms with Crippen molar-refractivity contribution in [2.75, 3.05) is 4.90 Å². The molecule has 23 heavy (non-hydrogen) atoms. The van der Waals surface area contributed by atoms with Crippen LogP contribution in [-0.4, -0.2) is 16.5 Å². The fraction of sp³-hybridized carbons (Fsp3) is 0. The van der Waals surface area contributed by atoms with Gasteiger partial charge in [0.25, 0.3) is 5.91 Å². The number of amides is 1. The monoisotopic (exact) mass is 343 g/mol. The number of carbonyl (C=O) groups excluding carboxylic acids is 2. The first-order valence-corrected chi connectivity index (χ1v) is 7.90. The van der Waals surface area contributed by atoms with Crippen LogP contribution in [0.4, 0.5) is 10.1 Å². The van der Waals surface area contributed by atoms with Crippen molar-refractivity contribution < 1.29 is 14.0 Å². The normalized spacial score (nSPS) is 16.2. The van der Waals surface area contributed by atoms with Gasteiger partial charge in [0.2, 0.25) is 0 Å². The molecule has 0 saturated carbocycles. The number of hydrogen-bond acceptors (Lipinski definition) is 4. The molecule has 0 unspecified atom stereocenters. The van der Waals surface area contributed by atoms with Gasteiger partial charge in [-0.05, 0) is 35.9 Å². The summed E-state index contributed by atoms with van der Waals surface area (Å²) in [5.41, 5.74) is 1.91. The Hall–Kier alpha value is -2.31. The first-order chi connectivity index (χ1) is 11.1. The maximum Gasteiger partial charge on any atom is 0.270 e. The summed E-state index contributed by atoms with van der Waals surface area (Å²) in [6, 6.07) is 12.5. The maximum atomic E-state index is 13.0. The quantitative estimate of drug-likeness (QED) is 0.479. The Morgan fingerprint density at radius 2 is 1.61 bits per heavy atom. The molecule has 1 amide bonds. The number of halogens is 1. The second kappa shape index (κ2) is 6.44. The van der Waals surface area contributed by atoms with Gasteiger partial charge < -0.3 is 0 Å². The van der Waals surface area contributed by atoms with E-state index < -0.39 is 0 Å². The molecule has 3 nitrogen and oxygen atoms in total. The SMILES string of the molecule is O=Cc1ccc(C=C2SC(=S)N(c3ccc(F)cc3)C2=O)cc1. The van der Waals surface area contributed by atoms with Gasteiger partial charge in [0, 0.05) is 5.56 Å². The lowest BCUT2D eigenvalue weighted by molar-refractivity contribution is -0.113. The molecular formula is C17H10FNO2S2. The van der Waals surface area contributed by atoms with E-state index in [1.807, 2.05) is 0 Å². The summed E-state index contributed by atoms with van der Waals surface area (Å²) >= 11 is 6.44. The number of nitrogens with zero attached hydrogens (tertiary/aromatic N) is 1. The van der Waals surface area contributed by atoms with Gasteiger partial charge in [-0.15, -0.1) is 0 Å². The zero-order chi connectivity index (χ0) is 16.4. The summed E-state index contributed by atoms with van der Waals surface area (Å²) < 4.78 is 13.4. The van der Waals surface area contributed by atoms with Crippen molar-refractivity contribution in [2.24, 2.45) is 0 Å². The van der Waals surface area contributed by atoms with Crippen LogP contribution in [0.15, 0.2) is 53.4 Å². The van der Waals surface area contributed by atoms with Crippen LogP contribution in [-0.2, 0) is 4.79 Å². The predicted octanol–water partition coefficient (Wildman–Crippen LogP) is 4.04. The van der Waals surface area contributed by atoms with Crippen LogP contribution in [0.2, 0.25) is 0 Å². The third-order valence-electron chi connectivity index (χ3n) is 3.25. The molecule has 0 radical (unpaired) electrons. The molecule has 114 valence electrons. The minimum atomic E-state index is -0.370. The highest BCUT2D eigenvalue weighted by Crippen LogP contribution is 2.35. The highest BCUT2D eigenvalue weighted by Gasteiger charge is 2.33. The Kier molecular flexibility index (Phi) is 4.36. The summed E-state index contributed by atoms with van der Waals surface area (Å²) in [5, 5.41) is 0. The number of benzene rings is 2. The van der Waals surface area contributed by atoms with Crippen LogP contribution in [0.3, 0.4) is 0 Å². The van der Waals surface area contributed by atoms with Crippen molar-refractivity contribution >= 4 is 52.3 Å². The van der Waals surface area contributed by atoms with Crippen molar-refractivity contribution in [1.82, 2.24) is 0 Å². The average molecular weight is 343 g/mol. The molecule has 1 saturated heterocycles. The van der Waals surface area contributed by atoms with Gasteiger partial charge in [0.1, 0.15) is 12.1 Å². The summed E-state index contributed by atoms with van der Waals surface area (Å²) in [7, 11) is 0. The molecule has 2 aromatic carbocycles. The minimum Gasteiger partial charge on any atom is -0.298 e. The highest BCUT2D eigenvalue weighted by molar-refractivity contribution is 8.27. The molecular weight excluding hydrogens is 333 g/mol. The van der Waals surface area contributed by atoms with E-state index in [9.17, 15) is 14.0 Å². The van der Waals surface area contributed by atoms with E-state index >= 15 is 0 Å². The van der Waals surface area contributed by atoms with Gasteiger partial charge in [0.05, 0.1) is 10.6 Å². The van der Waals surface area contributed by atoms with E-state index in [0.29, 0.717) is 20.5 Å². The molecule has 0 atom stereocenters. The number of rotatable bonds is 3. The molecule has 1 aliphatic heterocycles. The number of thioether (sulfide) groups is 1. The van der Waals surface area contributed by atoms with Gasteiger partial charge in [0.15, 0.2) is 4.32 Å². The van der Waals surface area contributed by atoms with Crippen molar-refractivity contribution in [3.05, 3.63) is 70.4 Å². The van der Waals surface area contributed by atoms with Crippen molar-refractivity contribution in [3.8, 4) is 0 Å². The summed E-state index contributed by atoms with van der Waals surface area (Å²) in [6.07, 6.45) is 2.48. The van der Waals surface area contributed by atoms with Crippen LogP contribution >= 0.6 is 24.0 Å². The van der Waals surface area contributed by atoms with E-state index in [4.69, 9.17) is 12.2 Å². The molecule has 3 rings (SSSR count). The lowest BCUT2D eigenvalue weighted by Crippen LogP contribution is -2.27. The lowest BCUT2D eigenvalue weighted by atomic mass is 10.1. The van der Waals surface area contributed by atoms with E-state index in [1.165, 1.54) is 40.9 Å². The molecule has 1 fully saturated rings. The molecule has 1 aliphatic rings. The summed E-state index contributed by atoms with van der Waals surface area (Å²) in [6.45, 7) is 0. The zero-order valence-electron chi connectivity index (χ0n) is 11.7. The Morgan fingerprint density at radius 3 is 2.22 bits per heavy atom. The van der Waals surface area contributed by atoms with Gasteiger partial charge in [-0.25, -0.2) is 4.39 Å². The average Bonchev–Trinajstić information content (AvgIpc) is 2.83. The van der Waals surface area contributed by atoms with E-state index in [0.717, 1.165) is 11.8 Å². The van der Waals surface area contributed by atoms with Crippen molar-refractivity contribution in [3.63, 3.8) is 0 Å². The van der Waals surface area contributed by atoms with Crippen LogP contribution in [0.5, 0.6) is 0 Å². The van der Waals surface area contributed by atoms with Gasteiger partial charge in [-0.1, -0.05) is 48.2 Å². The Labute approximate surface area is 141 Å².